The van der Waals surface area contributed by atoms with E-state index in [1.807, 2.05) is 73.7 Å². The lowest BCUT2D eigenvalue weighted by Gasteiger charge is -2.10. The van der Waals surface area contributed by atoms with E-state index in [9.17, 15) is 4.79 Å². The number of hydrogen-bond donors (Lipinski definition) is 0. The Labute approximate surface area is 140 Å². The first kappa shape index (κ1) is 15.6. The molecule has 0 amide bonds. The van der Waals surface area contributed by atoms with Gasteiger partial charge in [-0.3, -0.25) is 4.79 Å². The van der Waals surface area contributed by atoms with Crippen molar-refractivity contribution in [2.24, 2.45) is 0 Å². The lowest BCUT2D eigenvalue weighted by molar-refractivity contribution is -0.112. The Kier molecular flexibility index (Phi) is 4.63. The molecule has 0 N–H and O–H groups in total. The van der Waals surface area contributed by atoms with Crippen LogP contribution in [0.25, 0.3) is 10.8 Å². The van der Waals surface area contributed by atoms with Gasteiger partial charge in [0.2, 0.25) is 5.24 Å². The van der Waals surface area contributed by atoms with Crippen LogP contribution in [0, 0.1) is 0 Å². The molecule has 116 valence electrons. The highest BCUT2D eigenvalue weighted by Crippen LogP contribution is 2.26. The Morgan fingerprint density at radius 1 is 1.00 bits per heavy atom. The Morgan fingerprint density at radius 2 is 1.70 bits per heavy atom. The van der Waals surface area contributed by atoms with Crippen molar-refractivity contribution in [3.05, 3.63) is 77.9 Å². The summed E-state index contributed by atoms with van der Waals surface area (Å²) in [5.74, 6) is 0.533. The Balaban J connectivity index is 1.79. The Morgan fingerprint density at radius 3 is 2.43 bits per heavy atom. The van der Waals surface area contributed by atoms with Crippen LogP contribution >= 0.6 is 11.6 Å². The summed E-state index contributed by atoms with van der Waals surface area (Å²) < 4.78 is 5.84. The van der Waals surface area contributed by atoms with Crippen LogP contribution in [-0.2, 0) is 11.4 Å². The standard InChI is InChI=1S/C20H17ClO2/c1-14(20(21)22)16-7-8-18-12-19(10-9-17(18)11-16)23-13-15-5-3-2-4-6-15/h2-12,14H,13H2,1H3. The van der Waals surface area contributed by atoms with Gasteiger partial charge in [-0.2, -0.15) is 0 Å². The number of rotatable bonds is 5. The van der Waals surface area contributed by atoms with Gasteiger partial charge in [-0.05, 0) is 45.6 Å². The minimum absolute atomic E-state index is 0.296. The third-order valence-corrected chi connectivity index (χ3v) is 4.25. The number of benzene rings is 3. The summed E-state index contributed by atoms with van der Waals surface area (Å²) in [6, 6.07) is 22.0. The summed E-state index contributed by atoms with van der Waals surface area (Å²) in [6.07, 6.45) is 0. The van der Waals surface area contributed by atoms with E-state index in [-0.39, 0.29) is 11.2 Å². The molecule has 0 heterocycles. The van der Waals surface area contributed by atoms with Crippen molar-refractivity contribution in [3.8, 4) is 5.75 Å². The molecule has 0 spiro atoms. The van der Waals surface area contributed by atoms with Crippen LogP contribution in [0.15, 0.2) is 66.7 Å². The average molecular weight is 325 g/mol. The van der Waals surface area contributed by atoms with Gasteiger partial charge in [-0.1, -0.05) is 61.5 Å². The molecule has 1 atom stereocenters. The summed E-state index contributed by atoms with van der Waals surface area (Å²) in [5.41, 5.74) is 2.06. The van der Waals surface area contributed by atoms with Gasteiger partial charge in [-0.15, -0.1) is 0 Å². The highest BCUT2D eigenvalue weighted by atomic mass is 35.5. The van der Waals surface area contributed by atoms with Crippen molar-refractivity contribution in [2.75, 3.05) is 0 Å². The zero-order chi connectivity index (χ0) is 16.2. The lowest BCUT2D eigenvalue weighted by Crippen LogP contribution is -2.01. The van der Waals surface area contributed by atoms with Crippen LogP contribution in [0.4, 0.5) is 0 Å². The van der Waals surface area contributed by atoms with Crippen LogP contribution in [0.2, 0.25) is 0 Å². The fourth-order valence-electron chi connectivity index (χ4n) is 2.47. The third-order valence-electron chi connectivity index (χ3n) is 3.92. The molecule has 0 bridgehead atoms. The molecule has 0 fully saturated rings. The van der Waals surface area contributed by atoms with Crippen molar-refractivity contribution in [3.63, 3.8) is 0 Å². The van der Waals surface area contributed by atoms with Crippen LogP contribution in [0.3, 0.4) is 0 Å². The van der Waals surface area contributed by atoms with E-state index in [1.165, 1.54) is 0 Å². The van der Waals surface area contributed by atoms with E-state index in [0.717, 1.165) is 27.6 Å². The van der Waals surface area contributed by atoms with Gasteiger partial charge in [0, 0.05) is 0 Å². The predicted molar refractivity (Wildman–Crippen MR) is 94.0 cm³/mol. The maximum Gasteiger partial charge on any atom is 0.228 e. The minimum atomic E-state index is -0.341. The molecular formula is C20H17ClO2. The van der Waals surface area contributed by atoms with E-state index in [4.69, 9.17) is 16.3 Å². The van der Waals surface area contributed by atoms with Gasteiger partial charge in [0.25, 0.3) is 0 Å². The quantitative estimate of drug-likeness (QED) is 0.596. The molecule has 23 heavy (non-hydrogen) atoms. The van der Waals surface area contributed by atoms with Crippen LogP contribution in [0.1, 0.15) is 24.0 Å². The minimum Gasteiger partial charge on any atom is -0.489 e. The summed E-state index contributed by atoms with van der Waals surface area (Å²) in [5, 5.41) is 1.81. The van der Waals surface area contributed by atoms with Gasteiger partial charge in [0.15, 0.2) is 0 Å². The van der Waals surface area contributed by atoms with Crippen molar-refractivity contribution in [1.82, 2.24) is 0 Å². The zero-order valence-electron chi connectivity index (χ0n) is 12.8. The van der Waals surface area contributed by atoms with Crippen LogP contribution in [-0.4, -0.2) is 5.24 Å². The van der Waals surface area contributed by atoms with E-state index in [2.05, 4.69) is 0 Å². The molecule has 0 aromatic heterocycles. The van der Waals surface area contributed by atoms with Gasteiger partial charge < -0.3 is 4.74 Å². The van der Waals surface area contributed by atoms with Gasteiger partial charge >= 0.3 is 0 Å². The van der Waals surface area contributed by atoms with Crippen LogP contribution < -0.4 is 4.74 Å². The van der Waals surface area contributed by atoms with E-state index in [1.54, 1.807) is 0 Å². The fourth-order valence-corrected chi connectivity index (χ4v) is 2.60. The third kappa shape index (κ3) is 3.72. The number of carbonyl (C=O) groups is 1. The van der Waals surface area contributed by atoms with Crippen molar-refractivity contribution in [1.29, 1.82) is 0 Å². The maximum absolute atomic E-state index is 11.3. The molecule has 3 heteroatoms. The van der Waals surface area contributed by atoms with Crippen molar-refractivity contribution < 1.29 is 9.53 Å². The van der Waals surface area contributed by atoms with Gasteiger partial charge in [-0.25, -0.2) is 0 Å². The molecule has 0 aliphatic heterocycles. The first-order valence-electron chi connectivity index (χ1n) is 7.53. The molecule has 0 saturated heterocycles. The van der Waals surface area contributed by atoms with Gasteiger partial charge in [0.1, 0.15) is 12.4 Å². The van der Waals surface area contributed by atoms with E-state index >= 15 is 0 Å². The highest BCUT2D eigenvalue weighted by Gasteiger charge is 2.12. The predicted octanol–water partition coefficient (Wildman–Crippen LogP) is 5.29. The molecule has 1 unspecified atom stereocenters. The number of fused-ring (bicyclic) bond motifs is 1. The smallest absolute Gasteiger partial charge is 0.228 e. The number of carbonyl (C=O) groups excluding carboxylic acids is 1. The first-order chi connectivity index (χ1) is 11.1. The number of hydrogen-bond acceptors (Lipinski definition) is 2. The summed E-state index contributed by atoms with van der Waals surface area (Å²) in [6.45, 7) is 2.36. The molecule has 0 aliphatic carbocycles. The second kappa shape index (κ2) is 6.84. The molecule has 0 aliphatic rings. The monoisotopic (exact) mass is 324 g/mol. The van der Waals surface area contributed by atoms with E-state index in [0.29, 0.717) is 6.61 Å². The Bertz CT molecular complexity index is 827. The SMILES string of the molecule is CC(C(=O)Cl)c1ccc2cc(OCc3ccccc3)ccc2c1. The average Bonchev–Trinajstić information content (AvgIpc) is 2.59. The van der Waals surface area contributed by atoms with Crippen molar-refractivity contribution >= 4 is 27.6 Å². The zero-order valence-corrected chi connectivity index (χ0v) is 13.6. The van der Waals surface area contributed by atoms with E-state index < -0.39 is 0 Å². The normalized spacial score (nSPS) is 12.1. The van der Waals surface area contributed by atoms with Crippen molar-refractivity contribution in [2.45, 2.75) is 19.4 Å². The second-order valence-electron chi connectivity index (χ2n) is 5.57. The maximum atomic E-state index is 11.3. The summed E-state index contributed by atoms with van der Waals surface area (Å²) in [4.78, 5) is 11.3. The molecule has 2 nitrogen and oxygen atoms in total. The molecular weight excluding hydrogens is 308 g/mol. The fraction of sp³-hybridized carbons (Fsp3) is 0.150. The first-order valence-corrected chi connectivity index (χ1v) is 7.91. The Hall–Kier alpha value is -2.32. The number of halogens is 1. The highest BCUT2D eigenvalue weighted by molar-refractivity contribution is 6.64. The second-order valence-corrected chi connectivity index (χ2v) is 5.94. The largest absolute Gasteiger partial charge is 0.489 e. The molecule has 0 saturated carbocycles. The molecule has 3 aromatic rings. The number of ether oxygens (including phenoxy) is 1. The summed E-state index contributed by atoms with van der Waals surface area (Å²) in [7, 11) is 0. The molecule has 3 rings (SSSR count). The lowest BCUT2D eigenvalue weighted by atomic mass is 9.99. The molecule has 0 radical (unpaired) electrons. The van der Waals surface area contributed by atoms with Gasteiger partial charge in [0.05, 0.1) is 5.92 Å². The topological polar surface area (TPSA) is 26.3 Å². The van der Waals surface area contributed by atoms with Crippen LogP contribution in [0.5, 0.6) is 5.75 Å². The summed E-state index contributed by atoms with van der Waals surface area (Å²) >= 11 is 5.58. The molecule has 3 aromatic carbocycles.